The Morgan fingerprint density at radius 2 is 2.12 bits per heavy atom. The highest BCUT2D eigenvalue weighted by Crippen LogP contribution is 2.23. The van der Waals surface area contributed by atoms with Crippen molar-refractivity contribution in [1.82, 2.24) is 15.5 Å². The third kappa shape index (κ3) is 7.64. The van der Waals surface area contributed by atoms with E-state index >= 15 is 0 Å². The molecule has 138 valence electrons. The first-order chi connectivity index (χ1) is 11.4. The van der Waals surface area contributed by atoms with Gasteiger partial charge in [-0.05, 0) is 76.5 Å². The molecule has 0 aromatic carbocycles. The van der Waals surface area contributed by atoms with Gasteiger partial charge in [-0.15, -0.1) is 0 Å². The number of nitrogens with one attached hydrogen (secondary N) is 2. The van der Waals surface area contributed by atoms with Crippen molar-refractivity contribution in [2.75, 3.05) is 33.2 Å². The number of hydrogen-bond acceptors (Lipinski definition) is 4. The van der Waals surface area contributed by atoms with Gasteiger partial charge in [-0.25, -0.2) is 4.99 Å². The van der Waals surface area contributed by atoms with E-state index in [0.29, 0.717) is 12.6 Å². The van der Waals surface area contributed by atoms with Crippen LogP contribution in [-0.2, 0) is 5.60 Å². The van der Waals surface area contributed by atoms with Crippen LogP contribution < -0.4 is 10.6 Å². The van der Waals surface area contributed by atoms with Gasteiger partial charge in [0.25, 0.3) is 0 Å². The fourth-order valence-electron chi connectivity index (χ4n) is 2.19. The second-order valence-corrected chi connectivity index (χ2v) is 7.47. The van der Waals surface area contributed by atoms with Crippen molar-refractivity contribution in [3.63, 3.8) is 0 Å². The maximum atomic E-state index is 10.6. The van der Waals surface area contributed by atoms with Gasteiger partial charge in [0.1, 0.15) is 5.60 Å². The van der Waals surface area contributed by atoms with Crippen molar-refractivity contribution in [1.29, 1.82) is 0 Å². The Kier molecular flexibility index (Phi) is 9.33. The number of thiophene rings is 1. The normalized spacial score (nSPS) is 14.9. The molecule has 1 atom stereocenters. The number of aliphatic imine (C=N–C) groups is 1. The van der Waals surface area contributed by atoms with Crippen LogP contribution in [0.2, 0.25) is 0 Å². The minimum atomic E-state index is -0.928. The summed E-state index contributed by atoms with van der Waals surface area (Å²) in [5, 5.41) is 21.1. The first-order valence-electron chi connectivity index (χ1n) is 8.84. The summed E-state index contributed by atoms with van der Waals surface area (Å²) in [7, 11) is 2.16. The van der Waals surface area contributed by atoms with Crippen LogP contribution >= 0.6 is 11.3 Å². The second-order valence-electron chi connectivity index (χ2n) is 6.69. The summed E-state index contributed by atoms with van der Waals surface area (Å²) in [5.74, 6) is 0.769. The molecule has 24 heavy (non-hydrogen) atoms. The van der Waals surface area contributed by atoms with Gasteiger partial charge in [-0.2, -0.15) is 11.3 Å². The molecule has 3 N–H and O–H groups in total. The van der Waals surface area contributed by atoms with E-state index < -0.39 is 5.60 Å². The first-order valence-corrected chi connectivity index (χ1v) is 9.78. The molecule has 6 heteroatoms. The second kappa shape index (κ2) is 10.7. The molecule has 1 unspecified atom stereocenters. The summed E-state index contributed by atoms with van der Waals surface area (Å²) in [6, 6.07) is 2.54. The van der Waals surface area contributed by atoms with Crippen LogP contribution in [0.3, 0.4) is 0 Å². The summed E-state index contributed by atoms with van der Waals surface area (Å²) in [6.45, 7) is 11.4. The fraction of sp³-hybridized carbons (Fsp3) is 0.722. The molecule has 5 nitrogen and oxygen atoms in total. The Balaban J connectivity index is 2.40. The van der Waals surface area contributed by atoms with Gasteiger partial charge in [0.2, 0.25) is 0 Å². The standard InChI is InChI=1S/C18H34N4OS/c1-6-19-17(20-10-7-8-11-22(5)15(2)3)21-14-18(4,23)16-9-12-24-13-16/h9,12-13,15,23H,6-8,10-11,14H2,1-5H3,(H2,19,20,21). The lowest BCUT2D eigenvalue weighted by Gasteiger charge is -2.22. The van der Waals surface area contributed by atoms with Crippen molar-refractivity contribution < 1.29 is 5.11 Å². The van der Waals surface area contributed by atoms with Crippen LogP contribution in [0.4, 0.5) is 0 Å². The van der Waals surface area contributed by atoms with Crippen LogP contribution in [-0.4, -0.2) is 55.2 Å². The predicted octanol–water partition coefficient (Wildman–Crippen LogP) is 2.63. The van der Waals surface area contributed by atoms with Crippen LogP contribution in [0, 0.1) is 0 Å². The molecule has 0 aliphatic carbocycles. The number of unbranched alkanes of at least 4 members (excludes halogenated alkanes) is 1. The monoisotopic (exact) mass is 354 g/mol. The van der Waals surface area contributed by atoms with E-state index in [1.807, 2.05) is 30.7 Å². The zero-order valence-electron chi connectivity index (χ0n) is 15.8. The average molecular weight is 355 g/mol. The van der Waals surface area contributed by atoms with Crippen molar-refractivity contribution >= 4 is 17.3 Å². The van der Waals surface area contributed by atoms with Crippen molar-refractivity contribution in [3.8, 4) is 0 Å². The molecule has 1 rings (SSSR count). The number of rotatable bonds is 10. The van der Waals surface area contributed by atoms with Gasteiger partial charge in [0.05, 0.1) is 6.54 Å². The third-order valence-electron chi connectivity index (χ3n) is 4.14. The summed E-state index contributed by atoms with van der Waals surface area (Å²) in [6.07, 6.45) is 2.26. The molecule has 0 spiro atoms. The van der Waals surface area contributed by atoms with E-state index in [2.05, 4.69) is 41.4 Å². The maximum Gasteiger partial charge on any atom is 0.191 e. The molecule has 0 saturated heterocycles. The smallest absolute Gasteiger partial charge is 0.191 e. The average Bonchev–Trinajstić information content (AvgIpc) is 3.07. The highest BCUT2D eigenvalue weighted by atomic mass is 32.1. The first kappa shape index (κ1) is 20.9. The molecule has 1 aromatic heterocycles. The SMILES string of the molecule is CCNC(=NCC(C)(O)c1ccsc1)NCCCCN(C)C(C)C. The number of hydrogen-bond donors (Lipinski definition) is 3. The van der Waals surface area contributed by atoms with Crippen LogP contribution in [0.5, 0.6) is 0 Å². The summed E-state index contributed by atoms with van der Waals surface area (Å²) in [5.41, 5.74) is -0.00804. The quantitative estimate of drug-likeness (QED) is 0.343. The number of guanidine groups is 1. The van der Waals surface area contributed by atoms with E-state index in [1.165, 1.54) is 0 Å². The molecule has 0 radical (unpaired) electrons. The maximum absolute atomic E-state index is 10.6. The summed E-state index contributed by atoms with van der Waals surface area (Å²) < 4.78 is 0. The molecule has 1 heterocycles. The summed E-state index contributed by atoms with van der Waals surface area (Å²) in [4.78, 5) is 6.90. The van der Waals surface area contributed by atoms with Crippen molar-refractivity contribution in [2.45, 2.75) is 52.2 Å². The Hall–Kier alpha value is -1.11. The lowest BCUT2D eigenvalue weighted by molar-refractivity contribution is 0.0677. The molecular formula is C18H34N4OS. The molecular weight excluding hydrogens is 320 g/mol. The lowest BCUT2D eigenvalue weighted by atomic mass is 10.00. The van der Waals surface area contributed by atoms with Gasteiger partial charge < -0.3 is 20.6 Å². The largest absolute Gasteiger partial charge is 0.383 e. The molecule has 0 fully saturated rings. The minimum Gasteiger partial charge on any atom is -0.383 e. The van der Waals surface area contributed by atoms with Crippen LogP contribution in [0.25, 0.3) is 0 Å². The molecule has 1 aromatic rings. The van der Waals surface area contributed by atoms with E-state index in [0.717, 1.165) is 44.0 Å². The highest BCUT2D eigenvalue weighted by Gasteiger charge is 2.23. The molecule has 0 saturated carbocycles. The fourth-order valence-corrected chi connectivity index (χ4v) is 2.97. The third-order valence-corrected chi connectivity index (χ3v) is 4.83. The lowest BCUT2D eigenvalue weighted by Crippen LogP contribution is -2.39. The molecule has 0 bridgehead atoms. The van der Waals surface area contributed by atoms with Gasteiger partial charge >= 0.3 is 0 Å². The zero-order chi connectivity index (χ0) is 18.0. The Bertz CT molecular complexity index is 471. The minimum absolute atomic E-state index is 0.342. The van der Waals surface area contributed by atoms with E-state index in [4.69, 9.17) is 0 Å². The Morgan fingerprint density at radius 1 is 1.38 bits per heavy atom. The zero-order valence-corrected chi connectivity index (χ0v) is 16.6. The van der Waals surface area contributed by atoms with Crippen molar-refractivity contribution in [3.05, 3.63) is 22.4 Å². The predicted molar refractivity (Wildman–Crippen MR) is 105 cm³/mol. The molecule has 0 aliphatic heterocycles. The van der Waals surface area contributed by atoms with Crippen molar-refractivity contribution in [2.24, 2.45) is 4.99 Å². The van der Waals surface area contributed by atoms with Gasteiger partial charge in [-0.3, -0.25) is 0 Å². The Labute approximate surface area is 151 Å². The van der Waals surface area contributed by atoms with E-state index in [9.17, 15) is 5.11 Å². The molecule has 0 amide bonds. The number of aliphatic hydroxyl groups is 1. The van der Waals surface area contributed by atoms with Crippen LogP contribution in [0.15, 0.2) is 21.8 Å². The van der Waals surface area contributed by atoms with Crippen LogP contribution in [0.1, 0.15) is 46.1 Å². The molecule has 0 aliphatic rings. The summed E-state index contributed by atoms with van der Waals surface area (Å²) >= 11 is 1.59. The van der Waals surface area contributed by atoms with Gasteiger partial charge in [0.15, 0.2) is 5.96 Å². The van der Waals surface area contributed by atoms with E-state index in [1.54, 1.807) is 11.3 Å². The Morgan fingerprint density at radius 3 is 2.71 bits per heavy atom. The highest BCUT2D eigenvalue weighted by molar-refractivity contribution is 7.08. The van der Waals surface area contributed by atoms with E-state index in [-0.39, 0.29) is 0 Å². The van der Waals surface area contributed by atoms with Gasteiger partial charge in [-0.1, -0.05) is 0 Å². The number of nitrogens with zero attached hydrogens (tertiary/aromatic N) is 2. The van der Waals surface area contributed by atoms with Gasteiger partial charge in [0, 0.05) is 19.1 Å². The topological polar surface area (TPSA) is 59.9 Å².